The SMILES string of the molecule is C=CC(=C)C(S)C(=C)N. The van der Waals surface area contributed by atoms with Crippen LogP contribution in [0.15, 0.2) is 37.1 Å². The monoisotopic (exact) mass is 141 g/mol. The number of nitrogens with two attached hydrogens (primary N) is 1. The average molecular weight is 141 g/mol. The molecule has 0 fully saturated rings. The summed E-state index contributed by atoms with van der Waals surface area (Å²) in [5, 5.41) is -0.150. The van der Waals surface area contributed by atoms with Gasteiger partial charge < -0.3 is 5.73 Å². The first-order valence-electron chi connectivity index (χ1n) is 2.53. The van der Waals surface area contributed by atoms with Gasteiger partial charge in [-0.25, -0.2) is 0 Å². The van der Waals surface area contributed by atoms with E-state index in [2.05, 4.69) is 32.4 Å². The van der Waals surface area contributed by atoms with E-state index in [1.54, 1.807) is 6.08 Å². The molecule has 0 saturated heterocycles. The first kappa shape index (κ1) is 8.37. The van der Waals surface area contributed by atoms with E-state index in [1.807, 2.05) is 0 Å². The summed E-state index contributed by atoms with van der Waals surface area (Å²) < 4.78 is 0. The van der Waals surface area contributed by atoms with Crippen LogP contribution in [0.25, 0.3) is 0 Å². The number of hydrogen-bond acceptors (Lipinski definition) is 2. The van der Waals surface area contributed by atoms with Gasteiger partial charge in [0.15, 0.2) is 0 Å². The topological polar surface area (TPSA) is 26.0 Å². The van der Waals surface area contributed by atoms with Crippen molar-refractivity contribution in [3.05, 3.63) is 37.1 Å². The van der Waals surface area contributed by atoms with Crippen LogP contribution in [-0.2, 0) is 0 Å². The third-order valence-electron chi connectivity index (χ3n) is 0.965. The molecule has 0 aliphatic heterocycles. The van der Waals surface area contributed by atoms with Crippen molar-refractivity contribution in [2.45, 2.75) is 5.25 Å². The third kappa shape index (κ3) is 2.42. The molecule has 0 aromatic carbocycles. The molecule has 0 spiro atoms. The quantitative estimate of drug-likeness (QED) is 0.452. The van der Waals surface area contributed by atoms with Gasteiger partial charge in [0, 0.05) is 5.70 Å². The first-order valence-corrected chi connectivity index (χ1v) is 3.04. The molecule has 0 rings (SSSR count). The molecule has 0 amide bonds. The first-order chi connectivity index (χ1) is 4.09. The minimum Gasteiger partial charge on any atom is -0.401 e. The molecule has 0 aromatic heterocycles. The molecule has 2 heteroatoms. The maximum absolute atomic E-state index is 5.33. The van der Waals surface area contributed by atoms with Gasteiger partial charge in [-0.05, 0) is 5.57 Å². The van der Waals surface area contributed by atoms with Gasteiger partial charge in [0.1, 0.15) is 0 Å². The third-order valence-corrected chi connectivity index (χ3v) is 1.63. The van der Waals surface area contributed by atoms with Crippen LogP contribution >= 0.6 is 12.6 Å². The lowest BCUT2D eigenvalue weighted by Gasteiger charge is -2.08. The van der Waals surface area contributed by atoms with Crippen molar-refractivity contribution in [2.75, 3.05) is 0 Å². The zero-order valence-electron chi connectivity index (χ0n) is 5.30. The minimum atomic E-state index is -0.150. The van der Waals surface area contributed by atoms with E-state index in [0.717, 1.165) is 5.57 Å². The number of hydrogen-bond donors (Lipinski definition) is 2. The molecule has 2 N–H and O–H groups in total. The van der Waals surface area contributed by atoms with Crippen molar-refractivity contribution in [2.24, 2.45) is 5.73 Å². The second-order valence-electron chi connectivity index (χ2n) is 1.76. The van der Waals surface area contributed by atoms with Crippen LogP contribution in [0.4, 0.5) is 0 Å². The molecule has 0 aromatic rings. The summed E-state index contributed by atoms with van der Waals surface area (Å²) in [6.07, 6.45) is 1.62. The largest absolute Gasteiger partial charge is 0.401 e. The van der Waals surface area contributed by atoms with Crippen LogP contribution in [0.1, 0.15) is 0 Å². The zero-order valence-corrected chi connectivity index (χ0v) is 6.20. The Hall–Kier alpha value is -0.630. The highest BCUT2D eigenvalue weighted by molar-refractivity contribution is 7.81. The lowest BCUT2D eigenvalue weighted by molar-refractivity contribution is 1.16. The van der Waals surface area contributed by atoms with E-state index in [9.17, 15) is 0 Å². The molecule has 9 heavy (non-hydrogen) atoms. The van der Waals surface area contributed by atoms with Crippen LogP contribution in [0.3, 0.4) is 0 Å². The van der Waals surface area contributed by atoms with Gasteiger partial charge in [-0.3, -0.25) is 0 Å². The summed E-state index contributed by atoms with van der Waals surface area (Å²) in [6.45, 7) is 10.7. The molecule has 1 unspecified atom stereocenters. The van der Waals surface area contributed by atoms with Gasteiger partial charge in [-0.15, -0.1) is 0 Å². The molecule has 50 valence electrons. The average Bonchev–Trinajstić information content (AvgIpc) is 1.84. The summed E-state index contributed by atoms with van der Waals surface area (Å²) in [4.78, 5) is 0. The summed E-state index contributed by atoms with van der Waals surface area (Å²) in [6, 6.07) is 0. The van der Waals surface area contributed by atoms with Crippen LogP contribution in [0.2, 0.25) is 0 Å². The van der Waals surface area contributed by atoms with Crippen molar-refractivity contribution in [3.63, 3.8) is 0 Å². The zero-order chi connectivity index (χ0) is 7.44. The summed E-state index contributed by atoms with van der Waals surface area (Å²) >= 11 is 4.10. The van der Waals surface area contributed by atoms with Crippen LogP contribution < -0.4 is 5.73 Å². The second kappa shape index (κ2) is 3.41. The summed E-state index contributed by atoms with van der Waals surface area (Å²) in [5.74, 6) is 0. The van der Waals surface area contributed by atoms with Crippen molar-refractivity contribution >= 4 is 12.6 Å². The fourth-order valence-electron chi connectivity index (χ4n) is 0.350. The Bertz CT molecular complexity index is 149. The predicted octanol–water partition coefficient (Wildman–Crippen LogP) is 1.50. The highest BCUT2D eigenvalue weighted by Crippen LogP contribution is 2.11. The van der Waals surface area contributed by atoms with Gasteiger partial charge in [-0.2, -0.15) is 12.6 Å². The number of thiol groups is 1. The van der Waals surface area contributed by atoms with Crippen molar-refractivity contribution < 1.29 is 0 Å². The molecular formula is C7H11NS. The maximum Gasteiger partial charge on any atom is 0.0649 e. The highest BCUT2D eigenvalue weighted by atomic mass is 32.1. The Morgan fingerprint density at radius 2 is 2.00 bits per heavy atom. The number of allylic oxidation sites excluding steroid dienone is 1. The lowest BCUT2D eigenvalue weighted by atomic mass is 10.2. The summed E-state index contributed by atoms with van der Waals surface area (Å²) in [5.41, 5.74) is 6.62. The Morgan fingerprint density at radius 1 is 1.56 bits per heavy atom. The Morgan fingerprint density at radius 3 is 2.11 bits per heavy atom. The lowest BCUT2D eigenvalue weighted by Crippen LogP contribution is -2.10. The van der Waals surface area contributed by atoms with Crippen molar-refractivity contribution in [1.82, 2.24) is 0 Å². The van der Waals surface area contributed by atoms with Gasteiger partial charge in [0.2, 0.25) is 0 Å². The van der Waals surface area contributed by atoms with Crippen LogP contribution in [0, 0.1) is 0 Å². The predicted molar refractivity (Wildman–Crippen MR) is 45.4 cm³/mol. The maximum atomic E-state index is 5.33. The number of rotatable bonds is 3. The standard InChI is InChI=1S/C7H11NS/c1-4-5(2)7(9)6(3)8/h4,7,9H,1-3,8H2. The fraction of sp³-hybridized carbons (Fsp3) is 0.143. The molecule has 0 saturated carbocycles. The van der Waals surface area contributed by atoms with Gasteiger partial charge >= 0.3 is 0 Å². The van der Waals surface area contributed by atoms with E-state index in [0.29, 0.717) is 5.70 Å². The molecule has 0 radical (unpaired) electrons. The van der Waals surface area contributed by atoms with E-state index in [4.69, 9.17) is 5.73 Å². The van der Waals surface area contributed by atoms with E-state index < -0.39 is 0 Å². The highest BCUT2D eigenvalue weighted by Gasteiger charge is 2.03. The van der Waals surface area contributed by atoms with Gasteiger partial charge in [0.05, 0.1) is 5.25 Å². The second-order valence-corrected chi connectivity index (χ2v) is 2.27. The molecule has 0 aliphatic rings. The Kier molecular flexibility index (Phi) is 3.17. The van der Waals surface area contributed by atoms with Gasteiger partial charge in [0.25, 0.3) is 0 Å². The summed E-state index contributed by atoms with van der Waals surface area (Å²) in [7, 11) is 0. The van der Waals surface area contributed by atoms with Crippen molar-refractivity contribution in [1.29, 1.82) is 0 Å². The Labute approximate surface area is 61.4 Å². The Balaban J connectivity index is 4.03. The van der Waals surface area contributed by atoms with E-state index >= 15 is 0 Å². The molecule has 0 aliphatic carbocycles. The van der Waals surface area contributed by atoms with Crippen LogP contribution in [-0.4, -0.2) is 5.25 Å². The van der Waals surface area contributed by atoms with E-state index in [-0.39, 0.29) is 5.25 Å². The van der Waals surface area contributed by atoms with Gasteiger partial charge in [-0.1, -0.05) is 25.8 Å². The molecule has 1 atom stereocenters. The van der Waals surface area contributed by atoms with Crippen molar-refractivity contribution in [3.8, 4) is 0 Å². The fourth-order valence-corrected chi connectivity index (χ4v) is 0.455. The molecule has 0 bridgehead atoms. The minimum absolute atomic E-state index is 0.150. The van der Waals surface area contributed by atoms with E-state index in [1.165, 1.54) is 0 Å². The molecule has 1 nitrogen and oxygen atoms in total. The molecular weight excluding hydrogens is 130 g/mol. The van der Waals surface area contributed by atoms with Crippen LogP contribution in [0.5, 0.6) is 0 Å². The smallest absolute Gasteiger partial charge is 0.0649 e. The molecule has 0 heterocycles. The normalized spacial score (nSPS) is 12.1.